The Labute approximate surface area is 160 Å². The summed E-state index contributed by atoms with van der Waals surface area (Å²) in [5.74, 6) is 0.447. The first-order valence-corrected chi connectivity index (χ1v) is 9.42. The number of urea groups is 1. The van der Waals surface area contributed by atoms with Crippen LogP contribution in [0.4, 0.5) is 4.79 Å². The van der Waals surface area contributed by atoms with Crippen molar-refractivity contribution in [3.8, 4) is 5.75 Å². The molecule has 0 aliphatic carbocycles. The quantitative estimate of drug-likeness (QED) is 0.688. The average molecular weight is 381 g/mol. The van der Waals surface area contributed by atoms with Crippen molar-refractivity contribution in [2.45, 2.75) is 25.4 Å². The van der Waals surface area contributed by atoms with Crippen molar-refractivity contribution in [3.63, 3.8) is 0 Å². The van der Waals surface area contributed by atoms with Gasteiger partial charge in [-0.25, -0.2) is 9.78 Å². The van der Waals surface area contributed by atoms with Crippen molar-refractivity contribution in [2.75, 3.05) is 7.11 Å². The summed E-state index contributed by atoms with van der Waals surface area (Å²) in [6.07, 6.45) is 0.359. The number of nitrogens with zero attached hydrogens (tertiary/aromatic N) is 2. The predicted molar refractivity (Wildman–Crippen MR) is 104 cm³/mol. The molecule has 1 aliphatic rings. The van der Waals surface area contributed by atoms with Crippen LogP contribution in [0.1, 0.15) is 17.5 Å². The molecule has 27 heavy (non-hydrogen) atoms. The minimum absolute atomic E-state index is 0.172. The minimum atomic E-state index is -1.01. The maximum atomic E-state index is 13.0. The van der Waals surface area contributed by atoms with E-state index in [0.717, 1.165) is 20.8 Å². The molecule has 3 amide bonds. The summed E-state index contributed by atoms with van der Waals surface area (Å²) in [5.41, 5.74) is 0.738. The molecular weight excluding hydrogens is 362 g/mol. The van der Waals surface area contributed by atoms with Crippen molar-refractivity contribution < 1.29 is 14.3 Å². The van der Waals surface area contributed by atoms with Gasteiger partial charge in [0.2, 0.25) is 0 Å². The lowest BCUT2D eigenvalue weighted by molar-refractivity contribution is -0.131. The molecule has 1 saturated heterocycles. The SMILES string of the molecule is COc1ccccc1CC1(C)NC(=O)N(Cc2nc3ccccc3s2)C1=O. The third-order valence-corrected chi connectivity index (χ3v) is 5.73. The van der Waals surface area contributed by atoms with Crippen molar-refractivity contribution >= 4 is 33.5 Å². The number of hydrogen-bond acceptors (Lipinski definition) is 5. The Hall–Kier alpha value is -2.93. The van der Waals surface area contributed by atoms with E-state index in [1.807, 2.05) is 48.5 Å². The Morgan fingerprint density at radius 3 is 2.67 bits per heavy atom. The Morgan fingerprint density at radius 2 is 1.89 bits per heavy atom. The first-order valence-electron chi connectivity index (χ1n) is 8.60. The van der Waals surface area contributed by atoms with Crippen LogP contribution in [0.2, 0.25) is 0 Å². The highest BCUT2D eigenvalue weighted by Crippen LogP contribution is 2.29. The van der Waals surface area contributed by atoms with Crippen LogP contribution in [0.5, 0.6) is 5.75 Å². The lowest BCUT2D eigenvalue weighted by Gasteiger charge is -2.22. The normalized spacial score (nSPS) is 19.6. The van der Waals surface area contributed by atoms with Crippen LogP contribution in [0.25, 0.3) is 10.2 Å². The van der Waals surface area contributed by atoms with E-state index < -0.39 is 11.6 Å². The van der Waals surface area contributed by atoms with Crippen molar-refractivity contribution in [3.05, 3.63) is 59.1 Å². The second-order valence-corrected chi connectivity index (χ2v) is 7.83. The van der Waals surface area contributed by atoms with Crippen LogP contribution in [0.3, 0.4) is 0 Å². The number of imide groups is 1. The van der Waals surface area contributed by atoms with E-state index in [0.29, 0.717) is 12.2 Å². The molecule has 7 heteroatoms. The van der Waals surface area contributed by atoms with E-state index in [1.54, 1.807) is 14.0 Å². The fourth-order valence-corrected chi connectivity index (χ4v) is 4.32. The van der Waals surface area contributed by atoms with Crippen molar-refractivity contribution in [2.24, 2.45) is 0 Å². The van der Waals surface area contributed by atoms with Gasteiger partial charge in [-0.3, -0.25) is 9.69 Å². The number of aromatic nitrogens is 1. The Kier molecular flexibility index (Phi) is 4.31. The number of fused-ring (bicyclic) bond motifs is 1. The summed E-state index contributed by atoms with van der Waals surface area (Å²) in [4.78, 5) is 31.3. The molecule has 1 unspecified atom stereocenters. The van der Waals surface area contributed by atoms with Gasteiger partial charge in [-0.2, -0.15) is 0 Å². The zero-order valence-corrected chi connectivity index (χ0v) is 15.9. The summed E-state index contributed by atoms with van der Waals surface area (Å²) in [6.45, 7) is 1.92. The fraction of sp³-hybridized carbons (Fsp3) is 0.250. The summed E-state index contributed by atoms with van der Waals surface area (Å²) < 4.78 is 6.41. The molecule has 1 fully saturated rings. The number of hydrogen-bond donors (Lipinski definition) is 1. The molecule has 0 saturated carbocycles. The van der Waals surface area contributed by atoms with E-state index >= 15 is 0 Å². The molecule has 2 heterocycles. The summed E-state index contributed by atoms with van der Waals surface area (Å²) in [7, 11) is 1.59. The average Bonchev–Trinajstić information content (AvgIpc) is 3.16. The standard InChI is InChI=1S/C20H19N3O3S/c1-20(11-13-7-3-5-9-15(13)26-2)18(24)23(19(25)22-20)12-17-21-14-8-4-6-10-16(14)27-17/h3-10H,11-12H2,1-2H3,(H,22,25). The number of carbonyl (C=O) groups is 2. The Bertz CT molecular complexity index is 999. The van der Waals surface area contributed by atoms with Crippen molar-refractivity contribution in [1.29, 1.82) is 0 Å². The van der Waals surface area contributed by atoms with E-state index in [-0.39, 0.29) is 12.5 Å². The van der Waals surface area contributed by atoms with E-state index in [1.165, 1.54) is 16.2 Å². The largest absolute Gasteiger partial charge is 0.496 e. The molecule has 0 spiro atoms. The molecular formula is C20H19N3O3S. The Balaban J connectivity index is 1.57. The molecule has 6 nitrogen and oxygen atoms in total. The molecule has 1 atom stereocenters. The molecule has 138 valence electrons. The van der Waals surface area contributed by atoms with Gasteiger partial charge in [-0.15, -0.1) is 11.3 Å². The van der Waals surface area contributed by atoms with Gasteiger partial charge in [-0.05, 0) is 30.7 Å². The first kappa shape index (κ1) is 17.5. The van der Waals surface area contributed by atoms with Crippen LogP contribution >= 0.6 is 11.3 Å². The number of methoxy groups -OCH3 is 1. The maximum absolute atomic E-state index is 13.0. The van der Waals surface area contributed by atoms with E-state index in [4.69, 9.17) is 4.74 Å². The molecule has 2 aromatic carbocycles. The van der Waals surface area contributed by atoms with Crippen LogP contribution in [-0.4, -0.2) is 34.5 Å². The lowest BCUT2D eigenvalue weighted by atomic mass is 9.92. The predicted octanol–water partition coefficient (Wildman–Crippen LogP) is 3.36. The second-order valence-electron chi connectivity index (χ2n) is 6.72. The van der Waals surface area contributed by atoms with Crippen LogP contribution < -0.4 is 10.1 Å². The number of benzene rings is 2. The van der Waals surface area contributed by atoms with Gasteiger partial charge in [-0.1, -0.05) is 30.3 Å². The third kappa shape index (κ3) is 3.14. The molecule has 0 radical (unpaired) electrons. The number of nitrogens with one attached hydrogen (secondary N) is 1. The number of thiazole rings is 1. The minimum Gasteiger partial charge on any atom is -0.496 e. The highest BCUT2D eigenvalue weighted by molar-refractivity contribution is 7.18. The van der Waals surface area contributed by atoms with Gasteiger partial charge in [0.1, 0.15) is 16.3 Å². The molecule has 0 bridgehead atoms. The Morgan fingerprint density at radius 1 is 1.15 bits per heavy atom. The topological polar surface area (TPSA) is 71.5 Å². The zero-order valence-electron chi connectivity index (χ0n) is 15.1. The summed E-state index contributed by atoms with van der Waals surface area (Å²) in [6, 6.07) is 14.9. The van der Waals surface area contributed by atoms with E-state index in [2.05, 4.69) is 10.3 Å². The number of ether oxygens (including phenoxy) is 1. The van der Waals surface area contributed by atoms with Gasteiger partial charge in [0.05, 0.1) is 23.9 Å². The third-order valence-electron chi connectivity index (χ3n) is 4.71. The zero-order chi connectivity index (χ0) is 19.0. The van der Waals surface area contributed by atoms with Crippen LogP contribution in [0.15, 0.2) is 48.5 Å². The van der Waals surface area contributed by atoms with Crippen LogP contribution in [-0.2, 0) is 17.8 Å². The molecule has 1 aromatic heterocycles. The molecule has 4 rings (SSSR count). The number of para-hydroxylation sites is 2. The highest BCUT2D eigenvalue weighted by Gasteiger charge is 2.48. The maximum Gasteiger partial charge on any atom is 0.325 e. The van der Waals surface area contributed by atoms with E-state index in [9.17, 15) is 9.59 Å². The molecule has 1 aliphatic heterocycles. The molecule has 3 aromatic rings. The van der Waals surface area contributed by atoms with Gasteiger partial charge in [0.25, 0.3) is 5.91 Å². The first-order chi connectivity index (χ1) is 13.0. The summed E-state index contributed by atoms with van der Waals surface area (Å²) in [5, 5.41) is 3.58. The van der Waals surface area contributed by atoms with Gasteiger partial charge in [0, 0.05) is 6.42 Å². The van der Waals surface area contributed by atoms with Crippen molar-refractivity contribution in [1.82, 2.24) is 15.2 Å². The monoisotopic (exact) mass is 381 g/mol. The van der Waals surface area contributed by atoms with Crippen LogP contribution in [0, 0.1) is 0 Å². The number of amides is 3. The molecule has 1 N–H and O–H groups in total. The van der Waals surface area contributed by atoms with Gasteiger partial charge < -0.3 is 10.1 Å². The lowest BCUT2D eigenvalue weighted by Crippen LogP contribution is -2.46. The van der Waals surface area contributed by atoms with Gasteiger partial charge >= 0.3 is 6.03 Å². The fourth-order valence-electron chi connectivity index (χ4n) is 3.36. The highest BCUT2D eigenvalue weighted by atomic mass is 32.1. The van der Waals surface area contributed by atoms with Gasteiger partial charge in [0.15, 0.2) is 0 Å². The summed E-state index contributed by atoms with van der Waals surface area (Å²) >= 11 is 1.49. The smallest absolute Gasteiger partial charge is 0.325 e. The second kappa shape index (κ2) is 6.66. The number of rotatable bonds is 5. The number of carbonyl (C=O) groups excluding carboxylic acids is 2.